The molecule has 4 heterocycles. The van der Waals surface area contributed by atoms with Crippen molar-refractivity contribution >= 4 is 28.5 Å². The van der Waals surface area contributed by atoms with E-state index in [1.165, 1.54) is 37.1 Å². The lowest BCUT2D eigenvalue weighted by Crippen LogP contribution is -2.42. The maximum atomic E-state index is 13.9. The van der Waals surface area contributed by atoms with Gasteiger partial charge in [0.25, 0.3) is 0 Å². The Labute approximate surface area is 301 Å². The summed E-state index contributed by atoms with van der Waals surface area (Å²) in [6, 6.07) is 17.4. The third kappa shape index (κ3) is 7.39. The van der Waals surface area contributed by atoms with Crippen molar-refractivity contribution < 1.29 is 14.3 Å². The van der Waals surface area contributed by atoms with Gasteiger partial charge in [0.2, 0.25) is 11.8 Å². The molecule has 2 aliphatic heterocycles. The third-order valence-electron chi connectivity index (χ3n) is 11.6. The highest BCUT2D eigenvalue weighted by molar-refractivity contribution is 6.08. The summed E-state index contributed by atoms with van der Waals surface area (Å²) in [7, 11) is 2.20. The number of carbonyl (C=O) groups is 2. The van der Waals surface area contributed by atoms with Gasteiger partial charge in [-0.2, -0.15) is 5.10 Å². The average Bonchev–Trinajstić information content (AvgIpc) is 3.75. The van der Waals surface area contributed by atoms with Crippen LogP contribution in [0.4, 0.5) is 5.69 Å². The zero-order valence-electron chi connectivity index (χ0n) is 30.4. The second-order valence-corrected chi connectivity index (χ2v) is 15.0. The Morgan fingerprint density at radius 3 is 2.37 bits per heavy atom. The molecule has 1 aliphatic carbocycles. The van der Waals surface area contributed by atoms with Gasteiger partial charge in [-0.15, -0.1) is 0 Å². The van der Waals surface area contributed by atoms with Crippen LogP contribution in [0.3, 0.4) is 0 Å². The summed E-state index contributed by atoms with van der Waals surface area (Å²) in [5.74, 6) is -0.348. The Bertz CT molecular complexity index is 1870. The topological polar surface area (TPSA) is 127 Å². The number of nitrogens with two attached hydrogens (primary N) is 1. The maximum absolute atomic E-state index is 13.9. The van der Waals surface area contributed by atoms with Gasteiger partial charge in [0.1, 0.15) is 5.41 Å². The molecule has 0 bridgehead atoms. The smallest absolute Gasteiger partial charge is 0.236 e. The van der Waals surface area contributed by atoms with E-state index in [4.69, 9.17) is 15.5 Å². The zero-order chi connectivity index (χ0) is 35.5. The van der Waals surface area contributed by atoms with Gasteiger partial charge in [-0.25, -0.2) is 9.67 Å². The Balaban J connectivity index is 1.06. The van der Waals surface area contributed by atoms with Gasteiger partial charge in [0.15, 0.2) is 5.65 Å². The lowest BCUT2D eigenvalue weighted by molar-refractivity contribution is -0.136. The number of hydrogen-bond acceptors (Lipinski definition) is 7. The highest BCUT2D eigenvalue weighted by atomic mass is 16.5. The van der Waals surface area contributed by atoms with E-state index in [0.29, 0.717) is 19.4 Å². The number of benzene rings is 2. The van der Waals surface area contributed by atoms with E-state index >= 15 is 0 Å². The quantitative estimate of drug-likeness (QED) is 0.158. The number of carbonyl (C=O) groups excluding carboxylic acids is 2. The summed E-state index contributed by atoms with van der Waals surface area (Å²) in [5, 5.41) is 12.5. The fourth-order valence-electron chi connectivity index (χ4n) is 8.32. The van der Waals surface area contributed by atoms with Gasteiger partial charge in [-0.3, -0.25) is 9.59 Å². The van der Waals surface area contributed by atoms with Crippen LogP contribution in [0, 0.1) is 17.3 Å². The number of pyridine rings is 1. The fraction of sp³-hybridized carbons (Fsp3) is 0.512. The first-order valence-electron chi connectivity index (χ1n) is 19.0. The number of aryl methyl sites for hydroxylation is 2. The van der Waals surface area contributed by atoms with Crippen LogP contribution in [0.25, 0.3) is 22.2 Å². The maximum Gasteiger partial charge on any atom is 0.236 e. The van der Waals surface area contributed by atoms with Crippen LogP contribution in [0.5, 0.6) is 0 Å². The molecular formula is C41H53N7O3. The number of nitrogens with zero attached hydrogens (tertiary/aromatic N) is 4. The molecule has 2 amide bonds. The van der Waals surface area contributed by atoms with Crippen molar-refractivity contribution in [2.24, 2.45) is 23.0 Å². The SMILES string of the molecule is CCc1nc2c(cnn2CC)c(NC2CCOCC2)c1CC1CC1(C(N)=O)C(=O)NCc1cccc(-c2cccc(CC3CCN(C)CC3)c2)c1. The summed E-state index contributed by atoms with van der Waals surface area (Å²) < 4.78 is 7.55. The number of primary amides is 1. The molecule has 1 saturated carbocycles. The Morgan fingerprint density at radius 2 is 1.69 bits per heavy atom. The molecule has 7 rings (SSSR count). The number of fused-ring (bicyclic) bond motifs is 1. The van der Waals surface area contributed by atoms with Crippen molar-refractivity contribution in [3.63, 3.8) is 0 Å². The van der Waals surface area contributed by atoms with E-state index in [1.807, 2.05) is 23.0 Å². The largest absolute Gasteiger partial charge is 0.381 e. The first-order valence-corrected chi connectivity index (χ1v) is 19.0. The monoisotopic (exact) mass is 691 g/mol. The van der Waals surface area contributed by atoms with E-state index in [1.54, 1.807) is 0 Å². The number of amides is 2. The van der Waals surface area contributed by atoms with Gasteiger partial charge >= 0.3 is 0 Å². The second-order valence-electron chi connectivity index (χ2n) is 15.0. The van der Waals surface area contributed by atoms with E-state index < -0.39 is 11.3 Å². The summed E-state index contributed by atoms with van der Waals surface area (Å²) in [6.45, 7) is 8.99. The summed E-state index contributed by atoms with van der Waals surface area (Å²) in [6.07, 6.45) is 8.98. The molecule has 0 radical (unpaired) electrons. The highest BCUT2D eigenvalue weighted by Crippen LogP contribution is 2.55. The molecule has 4 aromatic rings. The lowest BCUT2D eigenvalue weighted by atomic mass is 9.89. The molecule has 51 heavy (non-hydrogen) atoms. The van der Waals surface area contributed by atoms with E-state index in [9.17, 15) is 9.59 Å². The third-order valence-corrected chi connectivity index (χ3v) is 11.6. The molecule has 2 aromatic carbocycles. The summed E-state index contributed by atoms with van der Waals surface area (Å²) >= 11 is 0. The van der Waals surface area contributed by atoms with Gasteiger partial charge in [-0.05, 0) is 124 Å². The first kappa shape index (κ1) is 35.1. The summed E-state index contributed by atoms with van der Waals surface area (Å²) in [5.41, 5.74) is 13.3. The van der Waals surface area contributed by atoms with Gasteiger partial charge in [0, 0.05) is 38.0 Å². The molecule has 3 fully saturated rings. The first-order chi connectivity index (χ1) is 24.8. The number of anilines is 1. The molecular weight excluding hydrogens is 638 g/mol. The van der Waals surface area contributed by atoms with Gasteiger partial charge in [-0.1, -0.05) is 49.4 Å². The van der Waals surface area contributed by atoms with Crippen LogP contribution >= 0.6 is 0 Å². The predicted molar refractivity (Wildman–Crippen MR) is 201 cm³/mol. The van der Waals surface area contributed by atoms with Crippen LogP contribution in [-0.4, -0.2) is 70.9 Å². The summed E-state index contributed by atoms with van der Waals surface area (Å²) in [4.78, 5) is 34.4. The van der Waals surface area contributed by atoms with Crippen LogP contribution in [0.2, 0.25) is 0 Å². The van der Waals surface area contributed by atoms with Crippen molar-refractivity contribution in [3.05, 3.63) is 77.1 Å². The van der Waals surface area contributed by atoms with Gasteiger partial charge < -0.3 is 26.0 Å². The fourth-order valence-corrected chi connectivity index (χ4v) is 8.32. The molecule has 0 spiro atoms. The number of nitrogens with one attached hydrogen (secondary N) is 2. The molecule has 2 saturated heterocycles. The van der Waals surface area contributed by atoms with Crippen LogP contribution in [0.1, 0.15) is 68.3 Å². The van der Waals surface area contributed by atoms with Crippen LogP contribution < -0.4 is 16.4 Å². The normalized spacial score (nSPS) is 21.5. The molecule has 10 heteroatoms. The average molecular weight is 692 g/mol. The number of likely N-dealkylation sites (tertiary alicyclic amines) is 1. The van der Waals surface area contributed by atoms with E-state index in [2.05, 4.69) is 77.9 Å². The number of hydrogen-bond donors (Lipinski definition) is 3. The van der Waals surface area contributed by atoms with E-state index in [0.717, 1.165) is 90.5 Å². The molecule has 2 atom stereocenters. The molecule has 270 valence electrons. The Hall–Kier alpha value is -4.28. The minimum Gasteiger partial charge on any atom is -0.381 e. The standard InChI is InChI=1S/C41H53N7O3/c1-4-36-34(37(45-33-14-18-51-19-15-33)35-26-44-48(5-2)38(35)46-36)23-32-24-41(32,39(42)49)40(50)43-25-29-9-7-11-31(22-29)30-10-6-8-28(21-30)20-27-12-16-47(3)17-13-27/h6-11,21-22,26-27,32-33H,4-5,12-20,23-25H2,1-3H3,(H2,42,49)(H,43,50)(H,45,46). The van der Waals surface area contributed by atoms with Crippen molar-refractivity contribution in [1.29, 1.82) is 0 Å². The lowest BCUT2D eigenvalue weighted by Gasteiger charge is -2.29. The second kappa shape index (κ2) is 15.1. The van der Waals surface area contributed by atoms with Crippen molar-refractivity contribution in [2.45, 2.75) is 84.3 Å². The van der Waals surface area contributed by atoms with Crippen molar-refractivity contribution in [2.75, 3.05) is 38.7 Å². The van der Waals surface area contributed by atoms with Crippen molar-refractivity contribution in [1.82, 2.24) is 25.0 Å². The number of ether oxygens (including phenoxy) is 1. The highest BCUT2D eigenvalue weighted by Gasteiger charge is 2.64. The van der Waals surface area contributed by atoms with Crippen LogP contribution in [-0.2, 0) is 46.7 Å². The van der Waals surface area contributed by atoms with E-state index in [-0.39, 0.29) is 17.9 Å². The minimum absolute atomic E-state index is 0.213. The molecule has 2 aromatic heterocycles. The zero-order valence-corrected chi connectivity index (χ0v) is 30.4. The Kier molecular flexibility index (Phi) is 10.4. The van der Waals surface area contributed by atoms with Crippen molar-refractivity contribution in [3.8, 4) is 11.1 Å². The molecule has 4 N–H and O–H groups in total. The van der Waals surface area contributed by atoms with Gasteiger partial charge in [0.05, 0.1) is 17.3 Å². The predicted octanol–water partition coefficient (Wildman–Crippen LogP) is 5.51. The molecule has 10 nitrogen and oxygen atoms in total. The number of aromatic nitrogens is 3. The minimum atomic E-state index is -1.25. The molecule has 3 aliphatic rings. The number of piperidine rings is 1. The Morgan fingerprint density at radius 1 is 0.980 bits per heavy atom. The van der Waals surface area contributed by atoms with Crippen LogP contribution in [0.15, 0.2) is 54.7 Å². The number of rotatable bonds is 13. The molecule has 2 unspecified atom stereocenters.